The summed E-state index contributed by atoms with van der Waals surface area (Å²) >= 11 is 0. The van der Waals surface area contributed by atoms with Crippen molar-refractivity contribution in [1.82, 2.24) is 0 Å². The van der Waals surface area contributed by atoms with Gasteiger partial charge in [0.1, 0.15) is 24.4 Å². The van der Waals surface area contributed by atoms with Crippen LogP contribution in [0.2, 0.25) is 0 Å². The van der Waals surface area contributed by atoms with Gasteiger partial charge in [-0.2, -0.15) is 0 Å². The predicted octanol–water partition coefficient (Wildman–Crippen LogP) is 3.80. The minimum Gasteiger partial charge on any atom is -0.419 e. The zero-order valence-electron chi connectivity index (χ0n) is 22.5. The van der Waals surface area contributed by atoms with Crippen LogP contribution in [-0.4, -0.2) is 66.1 Å². The first-order chi connectivity index (χ1) is 19.9. The van der Waals surface area contributed by atoms with E-state index < -0.39 is 48.9 Å². The summed E-state index contributed by atoms with van der Waals surface area (Å²) in [5, 5.41) is 21.4. The van der Waals surface area contributed by atoms with Gasteiger partial charge in [0.2, 0.25) is 0 Å². The fourth-order valence-corrected chi connectivity index (χ4v) is 4.53. The molecule has 0 aromatic heterocycles. The Kier molecular flexibility index (Phi) is 9.40. The van der Waals surface area contributed by atoms with Gasteiger partial charge in [0.05, 0.1) is 17.7 Å². The number of aliphatic hydroxyl groups is 2. The lowest BCUT2D eigenvalue weighted by Crippen LogP contribution is -2.62. The molecule has 1 unspecified atom stereocenters. The number of fused-ring (bicyclic) bond motifs is 1. The minimum absolute atomic E-state index is 0.0177. The second kappa shape index (κ2) is 13.3. The van der Waals surface area contributed by atoms with Crippen LogP contribution in [0, 0.1) is 0 Å². The Hall–Kier alpha value is -3.64. The third kappa shape index (κ3) is 6.82. The van der Waals surface area contributed by atoms with Crippen LogP contribution in [0.25, 0.3) is 0 Å². The molecule has 2 heterocycles. The first-order valence-electron chi connectivity index (χ1n) is 13.5. The van der Waals surface area contributed by atoms with Gasteiger partial charge >= 0.3 is 11.9 Å². The van der Waals surface area contributed by atoms with E-state index >= 15 is 0 Å². The van der Waals surface area contributed by atoms with Crippen LogP contribution in [0.1, 0.15) is 52.3 Å². The molecule has 3 aromatic rings. The second-order valence-electron chi connectivity index (χ2n) is 9.73. The topological polar surface area (TPSA) is 130 Å². The molecule has 216 valence electrons. The average molecular weight is 565 g/mol. The summed E-state index contributed by atoms with van der Waals surface area (Å²) < 4.78 is 34.5. The van der Waals surface area contributed by atoms with Gasteiger partial charge in [-0.15, -0.1) is 0 Å². The minimum atomic E-state index is -1.31. The van der Waals surface area contributed by atoms with Gasteiger partial charge in [0.15, 0.2) is 24.1 Å². The summed E-state index contributed by atoms with van der Waals surface area (Å²) in [6.07, 6.45) is -4.45. The maximum atomic E-state index is 12.9. The van der Waals surface area contributed by atoms with E-state index in [1.807, 2.05) is 6.92 Å². The van der Waals surface area contributed by atoms with Crippen LogP contribution in [-0.2, 0) is 18.9 Å². The van der Waals surface area contributed by atoms with Gasteiger partial charge in [0, 0.05) is 12.2 Å². The lowest BCUT2D eigenvalue weighted by atomic mass is 9.98. The molecule has 2 aliphatic rings. The number of rotatable bonds is 9. The van der Waals surface area contributed by atoms with Crippen LogP contribution in [0.3, 0.4) is 0 Å². The van der Waals surface area contributed by atoms with E-state index in [9.17, 15) is 19.8 Å². The lowest BCUT2D eigenvalue weighted by molar-refractivity contribution is -0.361. The molecule has 10 nitrogen and oxygen atoms in total. The highest BCUT2D eigenvalue weighted by molar-refractivity contribution is 5.93. The number of unbranched alkanes of at least 4 members (excludes halogenated alkanes) is 1. The van der Waals surface area contributed by atoms with Crippen molar-refractivity contribution in [2.75, 3.05) is 13.2 Å². The van der Waals surface area contributed by atoms with Crippen molar-refractivity contribution in [3.05, 3.63) is 95.6 Å². The SMILES string of the molecule is CCCCO[C@H]1O[C@@H]2COC(c3ccc(OC(=O)c4ccccc4)c(OC(=O)c4ccccc4)c3)O[C@H]2[C@H](O)[C@H]1O. The first kappa shape index (κ1) is 28.9. The molecule has 0 bridgehead atoms. The van der Waals surface area contributed by atoms with Gasteiger partial charge in [-0.3, -0.25) is 0 Å². The molecule has 0 aliphatic carbocycles. The van der Waals surface area contributed by atoms with E-state index in [2.05, 4.69) is 0 Å². The Balaban J connectivity index is 1.35. The van der Waals surface area contributed by atoms with Crippen molar-refractivity contribution < 1.29 is 48.2 Å². The summed E-state index contributed by atoms with van der Waals surface area (Å²) in [6, 6.07) is 21.3. The van der Waals surface area contributed by atoms with Crippen molar-refractivity contribution in [3.63, 3.8) is 0 Å². The summed E-state index contributed by atoms with van der Waals surface area (Å²) in [4.78, 5) is 25.6. The highest BCUT2D eigenvalue weighted by atomic mass is 16.8. The molecule has 10 heteroatoms. The van der Waals surface area contributed by atoms with E-state index in [-0.39, 0.29) is 18.1 Å². The fourth-order valence-electron chi connectivity index (χ4n) is 4.53. The Morgan fingerprint density at radius 1 is 0.829 bits per heavy atom. The zero-order valence-corrected chi connectivity index (χ0v) is 22.5. The normalized spacial score (nSPS) is 25.6. The Morgan fingerprint density at radius 2 is 1.46 bits per heavy atom. The molecule has 41 heavy (non-hydrogen) atoms. The van der Waals surface area contributed by atoms with Crippen molar-refractivity contribution >= 4 is 11.9 Å². The molecule has 0 amide bonds. The largest absolute Gasteiger partial charge is 0.419 e. The third-order valence-electron chi connectivity index (χ3n) is 6.78. The average Bonchev–Trinajstić information content (AvgIpc) is 3.01. The van der Waals surface area contributed by atoms with Gasteiger partial charge in [0.25, 0.3) is 0 Å². The number of aliphatic hydroxyl groups excluding tert-OH is 2. The number of hydrogen-bond acceptors (Lipinski definition) is 10. The zero-order chi connectivity index (χ0) is 28.8. The number of benzene rings is 3. The molecule has 2 aliphatic heterocycles. The van der Waals surface area contributed by atoms with Gasteiger partial charge in [-0.25, -0.2) is 9.59 Å². The van der Waals surface area contributed by atoms with Gasteiger partial charge in [-0.1, -0.05) is 49.7 Å². The van der Waals surface area contributed by atoms with Crippen LogP contribution < -0.4 is 9.47 Å². The summed E-state index contributed by atoms with van der Waals surface area (Å²) in [5.41, 5.74) is 1.06. The van der Waals surface area contributed by atoms with Crippen LogP contribution in [0.15, 0.2) is 78.9 Å². The van der Waals surface area contributed by atoms with Gasteiger partial charge < -0.3 is 38.6 Å². The molecule has 0 radical (unpaired) electrons. The predicted molar refractivity (Wildman–Crippen MR) is 144 cm³/mol. The van der Waals surface area contributed by atoms with E-state index in [0.717, 1.165) is 12.8 Å². The van der Waals surface area contributed by atoms with Crippen molar-refractivity contribution in [2.45, 2.75) is 56.8 Å². The molecule has 0 spiro atoms. The first-order valence-corrected chi connectivity index (χ1v) is 13.5. The maximum absolute atomic E-state index is 12.9. The molecule has 2 fully saturated rings. The number of carbonyl (C=O) groups is 2. The molecule has 3 aromatic carbocycles. The van der Waals surface area contributed by atoms with Crippen molar-refractivity contribution in [1.29, 1.82) is 0 Å². The highest BCUT2D eigenvalue weighted by Crippen LogP contribution is 2.38. The number of ether oxygens (including phenoxy) is 6. The number of esters is 2. The summed E-state index contributed by atoms with van der Waals surface area (Å²) in [5.74, 6) is -1.29. The Bertz CT molecular complexity index is 1310. The fraction of sp³-hybridized carbons (Fsp3) is 0.355. The molecule has 5 rings (SSSR count). The van der Waals surface area contributed by atoms with Crippen molar-refractivity contribution in [2.24, 2.45) is 0 Å². The number of carbonyl (C=O) groups excluding carboxylic acids is 2. The number of hydrogen-bond donors (Lipinski definition) is 2. The second-order valence-corrected chi connectivity index (χ2v) is 9.73. The Morgan fingerprint density at radius 3 is 2.10 bits per heavy atom. The Labute approximate surface area is 237 Å². The smallest absolute Gasteiger partial charge is 0.343 e. The van der Waals surface area contributed by atoms with Crippen LogP contribution in [0.4, 0.5) is 0 Å². The van der Waals surface area contributed by atoms with E-state index in [4.69, 9.17) is 28.4 Å². The molecule has 2 saturated heterocycles. The highest BCUT2D eigenvalue weighted by Gasteiger charge is 2.49. The summed E-state index contributed by atoms with van der Waals surface area (Å²) in [7, 11) is 0. The molecular formula is C31H32O10. The maximum Gasteiger partial charge on any atom is 0.343 e. The summed E-state index contributed by atoms with van der Waals surface area (Å²) in [6.45, 7) is 2.46. The van der Waals surface area contributed by atoms with E-state index in [1.165, 1.54) is 12.1 Å². The lowest BCUT2D eigenvalue weighted by Gasteiger charge is -2.46. The van der Waals surface area contributed by atoms with E-state index in [0.29, 0.717) is 23.3 Å². The van der Waals surface area contributed by atoms with Crippen LogP contribution >= 0.6 is 0 Å². The molecule has 6 atom stereocenters. The monoisotopic (exact) mass is 564 g/mol. The van der Waals surface area contributed by atoms with Gasteiger partial charge in [-0.05, 0) is 48.9 Å². The third-order valence-corrected chi connectivity index (χ3v) is 6.78. The van der Waals surface area contributed by atoms with Crippen molar-refractivity contribution in [3.8, 4) is 11.5 Å². The quantitative estimate of drug-likeness (QED) is 0.225. The van der Waals surface area contributed by atoms with Crippen LogP contribution in [0.5, 0.6) is 11.5 Å². The molecular weight excluding hydrogens is 532 g/mol. The standard InChI is InChI=1S/C31H32O10/c1-2-3-16-36-31-26(33)25(32)27-24(40-31)18-37-30(41-27)21-14-15-22(38-28(34)19-10-6-4-7-11-19)23(17-21)39-29(35)20-12-8-5-9-13-20/h4-15,17,24-27,30-33H,2-3,16,18H2,1H3/t24-,25-,26-,27-,30?,31+/m1/s1. The molecule has 0 saturated carbocycles. The van der Waals surface area contributed by atoms with E-state index in [1.54, 1.807) is 66.7 Å². The molecule has 2 N–H and O–H groups in total.